The minimum atomic E-state index is -2.95. The number of hydrogen-bond donors (Lipinski definition) is 1. The molecule has 0 heterocycles. The largest absolute Gasteiger partial charge is 0.431 e. The van der Waals surface area contributed by atoms with E-state index in [1.807, 2.05) is 0 Å². The third-order valence-electron chi connectivity index (χ3n) is 1.69. The van der Waals surface area contributed by atoms with Gasteiger partial charge < -0.3 is 10.5 Å². The molecule has 0 aromatic heterocycles. The summed E-state index contributed by atoms with van der Waals surface area (Å²) in [5.74, 6) is -0.360. The van der Waals surface area contributed by atoms with Gasteiger partial charge in [-0.25, -0.2) is 0 Å². The average molecular weight is 280 g/mol. The Morgan fingerprint density at radius 3 is 2.53 bits per heavy atom. The normalized spacial score (nSPS) is 10.5. The third-order valence-corrected chi connectivity index (χ3v) is 2.27. The summed E-state index contributed by atoms with van der Waals surface area (Å²) in [7, 11) is 0. The monoisotopic (exact) mass is 279 g/mol. The summed E-state index contributed by atoms with van der Waals surface area (Å²) in [6, 6.07) is 2.68. The molecule has 0 fully saturated rings. The Kier molecular flexibility index (Phi) is 3.62. The molecule has 82 valence electrons. The van der Waals surface area contributed by atoms with E-state index in [1.165, 1.54) is 19.1 Å². The van der Waals surface area contributed by atoms with Crippen LogP contribution >= 0.6 is 15.9 Å². The molecule has 1 rings (SSSR count). The SMILES string of the molecule is CC(=O)c1cc(N)c(OC(F)F)c(Br)c1. The molecule has 0 saturated carbocycles. The summed E-state index contributed by atoms with van der Waals surface area (Å²) in [6.45, 7) is -1.60. The quantitative estimate of drug-likeness (QED) is 0.684. The lowest BCUT2D eigenvalue weighted by molar-refractivity contribution is -0.0498. The van der Waals surface area contributed by atoms with Crippen molar-refractivity contribution in [1.29, 1.82) is 0 Å². The number of anilines is 1. The Balaban J connectivity index is 3.15. The van der Waals surface area contributed by atoms with Crippen LogP contribution in [0.15, 0.2) is 16.6 Å². The van der Waals surface area contributed by atoms with Crippen LogP contribution in [0.1, 0.15) is 17.3 Å². The minimum absolute atomic E-state index is 0.00475. The van der Waals surface area contributed by atoms with Crippen LogP contribution in [0.25, 0.3) is 0 Å². The first-order valence-electron chi connectivity index (χ1n) is 3.96. The van der Waals surface area contributed by atoms with E-state index >= 15 is 0 Å². The van der Waals surface area contributed by atoms with Crippen LogP contribution in [0.5, 0.6) is 5.75 Å². The Morgan fingerprint density at radius 1 is 1.53 bits per heavy atom. The highest BCUT2D eigenvalue weighted by Crippen LogP contribution is 2.34. The number of nitrogen functional groups attached to an aromatic ring is 1. The summed E-state index contributed by atoms with van der Waals surface area (Å²) in [6.07, 6.45) is 0. The van der Waals surface area contributed by atoms with E-state index in [0.29, 0.717) is 5.56 Å². The smallest absolute Gasteiger partial charge is 0.387 e. The predicted octanol–water partition coefficient (Wildman–Crippen LogP) is 2.84. The van der Waals surface area contributed by atoms with Gasteiger partial charge in [0.25, 0.3) is 0 Å². The Hall–Kier alpha value is -1.17. The number of nitrogens with two attached hydrogens (primary N) is 1. The van der Waals surface area contributed by atoms with Crippen LogP contribution in [0.3, 0.4) is 0 Å². The maximum Gasteiger partial charge on any atom is 0.387 e. The van der Waals surface area contributed by atoms with Crippen LogP contribution in [-0.2, 0) is 0 Å². The average Bonchev–Trinajstić information content (AvgIpc) is 2.10. The molecule has 0 bridgehead atoms. The number of rotatable bonds is 3. The van der Waals surface area contributed by atoms with E-state index in [2.05, 4.69) is 20.7 Å². The number of ketones is 1. The molecule has 0 spiro atoms. The van der Waals surface area contributed by atoms with Gasteiger partial charge >= 0.3 is 6.61 Å². The second-order valence-electron chi connectivity index (χ2n) is 2.81. The van der Waals surface area contributed by atoms with E-state index in [1.54, 1.807) is 0 Å². The summed E-state index contributed by atoms with van der Waals surface area (Å²) in [4.78, 5) is 11.0. The molecule has 0 aliphatic carbocycles. The third kappa shape index (κ3) is 2.89. The number of carbonyl (C=O) groups excluding carboxylic acids is 1. The van der Waals surface area contributed by atoms with Crippen LogP contribution in [-0.4, -0.2) is 12.4 Å². The molecule has 0 aliphatic rings. The van der Waals surface area contributed by atoms with Crippen LogP contribution in [0.2, 0.25) is 0 Å². The van der Waals surface area contributed by atoms with Gasteiger partial charge in [0.15, 0.2) is 11.5 Å². The molecule has 1 aromatic carbocycles. The Morgan fingerprint density at radius 2 is 2.13 bits per heavy atom. The zero-order chi connectivity index (χ0) is 11.6. The maximum atomic E-state index is 12.0. The van der Waals surface area contributed by atoms with Crippen molar-refractivity contribution in [2.45, 2.75) is 13.5 Å². The van der Waals surface area contributed by atoms with E-state index in [-0.39, 0.29) is 21.7 Å². The van der Waals surface area contributed by atoms with Crippen LogP contribution in [0, 0.1) is 0 Å². The number of Topliss-reactive ketones (excluding diaryl/α,β-unsaturated/α-hetero) is 1. The van der Waals surface area contributed by atoms with Crippen molar-refractivity contribution >= 4 is 27.4 Å². The van der Waals surface area contributed by atoms with Gasteiger partial charge in [-0.3, -0.25) is 4.79 Å². The highest BCUT2D eigenvalue weighted by atomic mass is 79.9. The lowest BCUT2D eigenvalue weighted by atomic mass is 10.1. The number of hydrogen-bond acceptors (Lipinski definition) is 3. The highest BCUT2D eigenvalue weighted by molar-refractivity contribution is 9.10. The van der Waals surface area contributed by atoms with Gasteiger partial charge in [0.05, 0.1) is 10.2 Å². The van der Waals surface area contributed by atoms with Crippen LogP contribution < -0.4 is 10.5 Å². The van der Waals surface area contributed by atoms with Gasteiger partial charge in [-0.05, 0) is 35.0 Å². The van der Waals surface area contributed by atoms with Crippen molar-refractivity contribution < 1.29 is 18.3 Å². The molecule has 0 amide bonds. The van der Waals surface area contributed by atoms with E-state index in [9.17, 15) is 13.6 Å². The van der Waals surface area contributed by atoms with Gasteiger partial charge in [0.2, 0.25) is 0 Å². The molecule has 0 aliphatic heterocycles. The fourth-order valence-corrected chi connectivity index (χ4v) is 1.60. The van der Waals surface area contributed by atoms with Gasteiger partial charge in [-0.2, -0.15) is 8.78 Å². The first kappa shape index (κ1) is 11.9. The molecule has 3 nitrogen and oxygen atoms in total. The van der Waals surface area contributed by atoms with Crippen LogP contribution in [0.4, 0.5) is 14.5 Å². The molecule has 0 unspecified atom stereocenters. The minimum Gasteiger partial charge on any atom is -0.431 e. The molecular formula is C9H8BrF2NO2. The maximum absolute atomic E-state index is 12.0. The number of ether oxygens (including phenoxy) is 1. The molecule has 15 heavy (non-hydrogen) atoms. The first-order valence-corrected chi connectivity index (χ1v) is 4.76. The van der Waals surface area contributed by atoms with Gasteiger partial charge in [-0.1, -0.05) is 0 Å². The Bertz CT molecular complexity index is 373. The standard InChI is InChI=1S/C9H8BrF2NO2/c1-4(14)5-2-6(10)8(7(13)3-5)15-9(11)12/h2-3,9H,13H2,1H3. The molecule has 1 aromatic rings. The van der Waals surface area contributed by atoms with Crippen molar-refractivity contribution in [1.82, 2.24) is 0 Å². The summed E-state index contributed by atoms with van der Waals surface area (Å²) < 4.78 is 28.4. The van der Waals surface area contributed by atoms with Gasteiger partial charge in [-0.15, -0.1) is 0 Å². The lowest BCUT2D eigenvalue weighted by Crippen LogP contribution is -2.06. The second-order valence-corrected chi connectivity index (χ2v) is 3.67. The number of benzene rings is 1. The van der Waals surface area contributed by atoms with E-state index < -0.39 is 6.61 Å². The number of carbonyl (C=O) groups is 1. The van der Waals surface area contributed by atoms with Crippen molar-refractivity contribution in [3.63, 3.8) is 0 Å². The molecular weight excluding hydrogens is 272 g/mol. The van der Waals surface area contributed by atoms with Crippen molar-refractivity contribution in [3.8, 4) is 5.75 Å². The fourth-order valence-electron chi connectivity index (χ4n) is 1.03. The fraction of sp³-hybridized carbons (Fsp3) is 0.222. The molecule has 0 radical (unpaired) electrons. The van der Waals surface area contributed by atoms with E-state index in [4.69, 9.17) is 5.73 Å². The van der Waals surface area contributed by atoms with Crippen molar-refractivity contribution in [2.24, 2.45) is 0 Å². The lowest BCUT2D eigenvalue weighted by Gasteiger charge is -2.10. The zero-order valence-electron chi connectivity index (χ0n) is 7.76. The topological polar surface area (TPSA) is 52.3 Å². The molecule has 2 N–H and O–H groups in total. The first-order chi connectivity index (χ1) is 6.91. The number of halogens is 3. The van der Waals surface area contributed by atoms with E-state index in [0.717, 1.165) is 0 Å². The molecule has 0 saturated heterocycles. The number of alkyl halides is 2. The van der Waals surface area contributed by atoms with Gasteiger partial charge in [0, 0.05) is 5.56 Å². The Labute approximate surface area is 93.3 Å². The second kappa shape index (κ2) is 4.57. The summed E-state index contributed by atoms with van der Waals surface area (Å²) in [5, 5.41) is 0. The van der Waals surface area contributed by atoms with Crippen molar-refractivity contribution in [2.75, 3.05) is 5.73 Å². The highest BCUT2D eigenvalue weighted by Gasteiger charge is 2.14. The molecule has 0 atom stereocenters. The van der Waals surface area contributed by atoms with Gasteiger partial charge in [0.1, 0.15) is 0 Å². The predicted molar refractivity (Wildman–Crippen MR) is 55.2 cm³/mol. The summed E-state index contributed by atoms with van der Waals surface area (Å²) in [5.41, 5.74) is 5.80. The van der Waals surface area contributed by atoms with Crippen molar-refractivity contribution in [3.05, 3.63) is 22.2 Å². The summed E-state index contributed by atoms with van der Waals surface area (Å²) >= 11 is 3.00. The molecule has 6 heteroatoms. The zero-order valence-corrected chi connectivity index (χ0v) is 9.35.